The summed E-state index contributed by atoms with van der Waals surface area (Å²) < 4.78 is 1.82. The van der Waals surface area contributed by atoms with Gasteiger partial charge in [0.1, 0.15) is 0 Å². The van der Waals surface area contributed by atoms with Crippen LogP contribution in [0.25, 0.3) is 5.65 Å². The first-order chi connectivity index (χ1) is 8.70. The van der Waals surface area contributed by atoms with Crippen molar-refractivity contribution in [2.24, 2.45) is 5.92 Å². The summed E-state index contributed by atoms with van der Waals surface area (Å²) in [4.78, 5) is 4.37. The van der Waals surface area contributed by atoms with Crippen molar-refractivity contribution < 1.29 is 5.11 Å². The average molecular weight is 246 g/mol. The number of rotatable bonds is 4. The van der Waals surface area contributed by atoms with E-state index in [0.717, 1.165) is 42.8 Å². The molecule has 5 heteroatoms. The fourth-order valence-electron chi connectivity index (χ4n) is 2.41. The van der Waals surface area contributed by atoms with Crippen LogP contribution in [0.4, 0.5) is 0 Å². The third-order valence-electron chi connectivity index (χ3n) is 3.46. The maximum atomic E-state index is 9.21. The molecule has 1 aliphatic carbocycles. The van der Waals surface area contributed by atoms with Crippen LogP contribution in [-0.2, 0) is 6.54 Å². The molecule has 0 aromatic carbocycles. The van der Waals surface area contributed by atoms with Crippen LogP contribution in [0.15, 0.2) is 18.5 Å². The number of aryl methyl sites for hydroxylation is 1. The van der Waals surface area contributed by atoms with Crippen LogP contribution >= 0.6 is 0 Å². The lowest BCUT2D eigenvalue weighted by molar-refractivity contribution is 0.0429. The normalized spacial score (nSPS) is 23.2. The highest BCUT2D eigenvalue weighted by molar-refractivity contribution is 5.38. The van der Waals surface area contributed by atoms with Gasteiger partial charge in [0.15, 0.2) is 5.65 Å². The molecule has 0 atom stereocenters. The molecule has 1 saturated carbocycles. The van der Waals surface area contributed by atoms with Gasteiger partial charge in [-0.1, -0.05) is 0 Å². The van der Waals surface area contributed by atoms with Crippen molar-refractivity contribution in [3.05, 3.63) is 29.7 Å². The van der Waals surface area contributed by atoms with Gasteiger partial charge in [0.05, 0.1) is 11.8 Å². The molecule has 2 N–H and O–H groups in total. The van der Waals surface area contributed by atoms with Gasteiger partial charge in [-0.3, -0.25) is 0 Å². The minimum Gasteiger partial charge on any atom is -0.393 e. The Morgan fingerprint density at radius 3 is 3.11 bits per heavy atom. The fourth-order valence-corrected chi connectivity index (χ4v) is 2.41. The number of nitrogens with one attached hydrogen (secondary N) is 1. The third kappa shape index (κ3) is 2.37. The van der Waals surface area contributed by atoms with Crippen molar-refractivity contribution in [1.29, 1.82) is 0 Å². The zero-order valence-electron chi connectivity index (χ0n) is 10.5. The molecule has 0 radical (unpaired) electrons. The Kier molecular flexibility index (Phi) is 3.01. The largest absolute Gasteiger partial charge is 0.393 e. The highest BCUT2D eigenvalue weighted by Gasteiger charge is 2.26. The molecule has 2 heterocycles. The lowest BCUT2D eigenvalue weighted by atomic mass is 9.82. The topological polar surface area (TPSA) is 62.5 Å². The molecule has 0 spiro atoms. The molecule has 0 saturated heterocycles. The molecule has 1 aliphatic rings. The third-order valence-corrected chi connectivity index (χ3v) is 3.46. The van der Waals surface area contributed by atoms with Gasteiger partial charge >= 0.3 is 0 Å². The predicted octanol–water partition coefficient (Wildman–Crippen LogP) is 0.898. The summed E-state index contributed by atoms with van der Waals surface area (Å²) in [5, 5.41) is 17.0. The zero-order chi connectivity index (χ0) is 12.5. The maximum Gasteiger partial charge on any atom is 0.155 e. The second kappa shape index (κ2) is 4.66. The Bertz CT molecular complexity index is 545. The summed E-state index contributed by atoms with van der Waals surface area (Å²) >= 11 is 0. The van der Waals surface area contributed by atoms with Gasteiger partial charge in [-0.2, -0.15) is 5.10 Å². The van der Waals surface area contributed by atoms with E-state index >= 15 is 0 Å². The monoisotopic (exact) mass is 246 g/mol. The molecule has 3 rings (SSSR count). The van der Waals surface area contributed by atoms with Crippen molar-refractivity contribution in [2.45, 2.75) is 32.4 Å². The number of nitrogens with zero attached hydrogens (tertiary/aromatic N) is 3. The summed E-state index contributed by atoms with van der Waals surface area (Å²) in [7, 11) is 0. The minimum atomic E-state index is -0.0677. The average Bonchev–Trinajstić information content (AvgIpc) is 2.66. The fraction of sp³-hybridized carbons (Fsp3) is 0.538. The number of aromatic nitrogens is 3. The molecule has 0 unspecified atom stereocenters. The van der Waals surface area contributed by atoms with Crippen LogP contribution in [0.5, 0.6) is 0 Å². The molecular weight excluding hydrogens is 228 g/mol. The number of aliphatic hydroxyl groups is 1. The van der Waals surface area contributed by atoms with Gasteiger partial charge in [-0.15, -0.1) is 0 Å². The van der Waals surface area contributed by atoms with Crippen LogP contribution < -0.4 is 5.32 Å². The highest BCUT2D eigenvalue weighted by Crippen LogP contribution is 2.26. The van der Waals surface area contributed by atoms with Crippen molar-refractivity contribution in [3.8, 4) is 0 Å². The molecule has 2 aromatic heterocycles. The molecule has 0 bridgehead atoms. The van der Waals surface area contributed by atoms with Crippen LogP contribution in [0.3, 0.4) is 0 Å². The standard InChI is InChI=1S/C13H18N4O/c1-9-2-13-15-7-11(8-17(13)16-9)6-14-5-10-3-12(18)4-10/h2,7-8,10,12,14,18H,3-6H2,1H3. The van der Waals surface area contributed by atoms with Crippen molar-refractivity contribution in [2.75, 3.05) is 6.54 Å². The molecule has 0 aliphatic heterocycles. The quantitative estimate of drug-likeness (QED) is 0.841. The van der Waals surface area contributed by atoms with E-state index < -0.39 is 0 Å². The Morgan fingerprint density at radius 2 is 2.33 bits per heavy atom. The summed E-state index contributed by atoms with van der Waals surface area (Å²) in [5.41, 5.74) is 3.00. The number of fused-ring (bicyclic) bond motifs is 1. The second-order valence-corrected chi connectivity index (χ2v) is 5.17. The highest BCUT2D eigenvalue weighted by atomic mass is 16.3. The van der Waals surface area contributed by atoms with Gasteiger partial charge in [-0.25, -0.2) is 9.50 Å². The predicted molar refractivity (Wildman–Crippen MR) is 68.2 cm³/mol. The summed E-state index contributed by atoms with van der Waals surface area (Å²) in [6.45, 7) is 3.73. The van der Waals surface area contributed by atoms with Crippen molar-refractivity contribution in [3.63, 3.8) is 0 Å². The summed E-state index contributed by atoms with van der Waals surface area (Å²) in [6.07, 6.45) is 5.70. The lowest BCUT2D eigenvalue weighted by Gasteiger charge is -2.31. The summed E-state index contributed by atoms with van der Waals surface area (Å²) in [5.74, 6) is 0.628. The summed E-state index contributed by atoms with van der Waals surface area (Å²) in [6, 6.07) is 1.97. The Labute approximate surface area is 106 Å². The lowest BCUT2D eigenvalue weighted by Crippen LogP contribution is -2.35. The Morgan fingerprint density at radius 1 is 1.50 bits per heavy atom. The van der Waals surface area contributed by atoms with Crippen molar-refractivity contribution >= 4 is 5.65 Å². The van der Waals surface area contributed by atoms with E-state index in [4.69, 9.17) is 0 Å². The number of hydrogen-bond acceptors (Lipinski definition) is 4. The second-order valence-electron chi connectivity index (χ2n) is 5.17. The molecular formula is C13H18N4O. The van der Waals surface area contributed by atoms with Gasteiger partial charge in [0.2, 0.25) is 0 Å². The van der Waals surface area contributed by atoms with Gasteiger partial charge in [0, 0.05) is 30.6 Å². The molecule has 96 valence electrons. The Balaban J connectivity index is 1.57. The van der Waals surface area contributed by atoms with E-state index in [-0.39, 0.29) is 6.10 Å². The Hall–Kier alpha value is -1.46. The maximum absolute atomic E-state index is 9.21. The van der Waals surface area contributed by atoms with Gasteiger partial charge in [-0.05, 0) is 32.2 Å². The van der Waals surface area contributed by atoms with E-state index in [2.05, 4.69) is 15.4 Å². The number of aliphatic hydroxyl groups excluding tert-OH is 1. The van der Waals surface area contributed by atoms with Crippen LogP contribution in [0.1, 0.15) is 24.1 Å². The van der Waals surface area contributed by atoms with E-state index in [1.165, 1.54) is 0 Å². The first kappa shape index (κ1) is 11.6. The van der Waals surface area contributed by atoms with Gasteiger partial charge in [0.25, 0.3) is 0 Å². The van der Waals surface area contributed by atoms with Crippen LogP contribution in [0.2, 0.25) is 0 Å². The molecule has 1 fully saturated rings. The molecule has 5 nitrogen and oxygen atoms in total. The van der Waals surface area contributed by atoms with Gasteiger partial charge < -0.3 is 10.4 Å². The van der Waals surface area contributed by atoms with Crippen LogP contribution in [-0.4, -0.2) is 32.4 Å². The molecule has 18 heavy (non-hydrogen) atoms. The first-order valence-electron chi connectivity index (χ1n) is 6.40. The zero-order valence-corrected chi connectivity index (χ0v) is 10.5. The first-order valence-corrected chi connectivity index (χ1v) is 6.40. The van der Waals surface area contributed by atoms with Crippen molar-refractivity contribution in [1.82, 2.24) is 19.9 Å². The SMILES string of the molecule is Cc1cc2ncc(CNCC3CC(O)C3)cn2n1. The molecule has 0 amide bonds. The smallest absolute Gasteiger partial charge is 0.155 e. The number of hydrogen-bond donors (Lipinski definition) is 2. The van der Waals surface area contributed by atoms with E-state index in [9.17, 15) is 5.11 Å². The van der Waals surface area contributed by atoms with E-state index in [0.29, 0.717) is 5.92 Å². The minimum absolute atomic E-state index is 0.0677. The molecule has 2 aromatic rings. The van der Waals surface area contributed by atoms with Crippen LogP contribution in [0, 0.1) is 12.8 Å². The van der Waals surface area contributed by atoms with E-state index in [1.807, 2.05) is 29.9 Å². The van der Waals surface area contributed by atoms with E-state index in [1.54, 1.807) is 0 Å².